The van der Waals surface area contributed by atoms with Crippen molar-refractivity contribution < 1.29 is 4.42 Å². The van der Waals surface area contributed by atoms with Crippen LogP contribution in [0.5, 0.6) is 0 Å². The number of nitrogens with one attached hydrogen (secondary N) is 1. The van der Waals surface area contributed by atoms with E-state index in [-0.39, 0.29) is 0 Å². The zero-order valence-corrected chi connectivity index (χ0v) is 12.9. The molecule has 1 N–H and O–H groups in total. The number of hydrogen-bond donors (Lipinski definition) is 1. The van der Waals surface area contributed by atoms with Gasteiger partial charge in [0.1, 0.15) is 5.58 Å². The highest BCUT2D eigenvalue weighted by Gasteiger charge is 2.26. The standard InChI is InChI=1S/C20H21NO/c1-2-14-3-5-15(6-4-14)19-11-18(13-21-19)17-8-7-16-9-10-22-20(16)12-17/h3-10,12,18-19,21H,2,11,13H2,1H3. The van der Waals surface area contributed by atoms with E-state index in [1.54, 1.807) is 6.26 Å². The molecule has 1 aliphatic heterocycles. The molecule has 0 spiro atoms. The van der Waals surface area contributed by atoms with E-state index >= 15 is 0 Å². The van der Waals surface area contributed by atoms with E-state index < -0.39 is 0 Å². The van der Waals surface area contributed by atoms with Crippen LogP contribution in [0.4, 0.5) is 0 Å². The normalized spacial score (nSPS) is 21.5. The Hall–Kier alpha value is -2.06. The van der Waals surface area contributed by atoms with Crippen molar-refractivity contribution in [2.75, 3.05) is 6.54 Å². The molecule has 3 aromatic rings. The van der Waals surface area contributed by atoms with Gasteiger partial charge in [-0.25, -0.2) is 0 Å². The van der Waals surface area contributed by atoms with E-state index in [4.69, 9.17) is 4.42 Å². The highest BCUT2D eigenvalue weighted by molar-refractivity contribution is 5.77. The van der Waals surface area contributed by atoms with E-state index in [1.807, 2.05) is 6.07 Å². The van der Waals surface area contributed by atoms with Gasteiger partial charge in [0.05, 0.1) is 6.26 Å². The summed E-state index contributed by atoms with van der Waals surface area (Å²) < 4.78 is 5.53. The summed E-state index contributed by atoms with van der Waals surface area (Å²) in [6, 6.07) is 18.1. The fourth-order valence-corrected chi connectivity index (χ4v) is 3.45. The molecule has 0 saturated carbocycles. The number of fused-ring (bicyclic) bond motifs is 1. The fourth-order valence-electron chi connectivity index (χ4n) is 3.45. The highest BCUT2D eigenvalue weighted by Crippen LogP contribution is 2.35. The Labute approximate surface area is 131 Å². The topological polar surface area (TPSA) is 25.2 Å². The summed E-state index contributed by atoms with van der Waals surface area (Å²) in [6.07, 6.45) is 4.02. The summed E-state index contributed by atoms with van der Waals surface area (Å²) in [5.74, 6) is 0.561. The number of rotatable bonds is 3. The minimum Gasteiger partial charge on any atom is -0.464 e. The molecule has 22 heavy (non-hydrogen) atoms. The Kier molecular flexibility index (Phi) is 3.47. The molecule has 1 saturated heterocycles. The van der Waals surface area contributed by atoms with Gasteiger partial charge < -0.3 is 9.73 Å². The zero-order chi connectivity index (χ0) is 14.9. The van der Waals surface area contributed by atoms with Crippen LogP contribution in [-0.2, 0) is 6.42 Å². The van der Waals surface area contributed by atoms with Crippen LogP contribution in [0.1, 0.15) is 42.0 Å². The number of aryl methyl sites for hydroxylation is 1. The van der Waals surface area contributed by atoms with Gasteiger partial charge in [0.15, 0.2) is 0 Å². The third kappa shape index (κ3) is 2.44. The second-order valence-electron chi connectivity index (χ2n) is 6.21. The number of benzene rings is 2. The van der Waals surface area contributed by atoms with Gasteiger partial charge in [0.25, 0.3) is 0 Å². The van der Waals surface area contributed by atoms with Crippen LogP contribution in [0, 0.1) is 0 Å². The van der Waals surface area contributed by atoms with Crippen molar-refractivity contribution in [1.82, 2.24) is 5.32 Å². The zero-order valence-electron chi connectivity index (χ0n) is 12.9. The Morgan fingerprint density at radius 3 is 2.68 bits per heavy atom. The van der Waals surface area contributed by atoms with Crippen LogP contribution < -0.4 is 5.32 Å². The summed E-state index contributed by atoms with van der Waals surface area (Å²) in [5, 5.41) is 4.85. The first-order valence-corrected chi connectivity index (χ1v) is 8.13. The van der Waals surface area contributed by atoms with Crippen LogP contribution in [-0.4, -0.2) is 6.54 Å². The SMILES string of the molecule is CCc1ccc(C2CC(c3ccc4ccoc4c3)CN2)cc1. The Morgan fingerprint density at radius 2 is 1.86 bits per heavy atom. The predicted octanol–water partition coefficient (Wildman–Crippen LogP) is 4.81. The molecule has 2 heterocycles. The summed E-state index contributed by atoms with van der Waals surface area (Å²) in [6.45, 7) is 3.23. The molecule has 2 nitrogen and oxygen atoms in total. The fraction of sp³-hybridized carbons (Fsp3) is 0.300. The summed E-state index contributed by atoms with van der Waals surface area (Å²) in [4.78, 5) is 0. The van der Waals surface area contributed by atoms with Gasteiger partial charge in [-0.15, -0.1) is 0 Å². The molecular formula is C20H21NO. The van der Waals surface area contributed by atoms with Crippen molar-refractivity contribution >= 4 is 11.0 Å². The van der Waals surface area contributed by atoms with E-state index in [9.17, 15) is 0 Å². The molecule has 112 valence electrons. The average molecular weight is 291 g/mol. The Morgan fingerprint density at radius 1 is 1.05 bits per heavy atom. The van der Waals surface area contributed by atoms with Gasteiger partial charge in [-0.2, -0.15) is 0 Å². The van der Waals surface area contributed by atoms with E-state index in [0.717, 1.165) is 25.0 Å². The van der Waals surface area contributed by atoms with Crippen LogP contribution in [0.2, 0.25) is 0 Å². The Balaban J connectivity index is 1.53. The number of hydrogen-bond acceptors (Lipinski definition) is 2. The second-order valence-corrected chi connectivity index (χ2v) is 6.21. The molecule has 1 aliphatic rings. The first kappa shape index (κ1) is 13.6. The van der Waals surface area contributed by atoms with Crippen LogP contribution in [0.15, 0.2) is 59.2 Å². The molecule has 1 aromatic heterocycles. The molecule has 2 heteroatoms. The molecule has 0 bridgehead atoms. The van der Waals surface area contributed by atoms with Gasteiger partial charge in [-0.05, 0) is 47.6 Å². The minimum absolute atomic E-state index is 0.461. The van der Waals surface area contributed by atoms with Gasteiger partial charge in [-0.1, -0.05) is 43.3 Å². The largest absolute Gasteiger partial charge is 0.464 e. The lowest BCUT2D eigenvalue weighted by atomic mass is 9.93. The molecule has 0 radical (unpaired) electrons. The smallest absolute Gasteiger partial charge is 0.134 e. The summed E-state index contributed by atoms with van der Waals surface area (Å²) in [5.41, 5.74) is 5.18. The molecule has 2 aromatic carbocycles. The third-order valence-corrected chi connectivity index (χ3v) is 4.87. The third-order valence-electron chi connectivity index (χ3n) is 4.87. The highest BCUT2D eigenvalue weighted by atomic mass is 16.3. The first-order valence-electron chi connectivity index (χ1n) is 8.13. The lowest BCUT2D eigenvalue weighted by Crippen LogP contribution is -2.13. The van der Waals surface area contributed by atoms with Crippen molar-refractivity contribution in [2.45, 2.75) is 31.7 Å². The van der Waals surface area contributed by atoms with Crippen molar-refractivity contribution in [2.24, 2.45) is 0 Å². The van der Waals surface area contributed by atoms with Crippen LogP contribution in [0.25, 0.3) is 11.0 Å². The Bertz CT molecular complexity index is 772. The van der Waals surface area contributed by atoms with Gasteiger partial charge in [0.2, 0.25) is 0 Å². The first-order chi connectivity index (χ1) is 10.8. The lowest BCUT2D eigenvalue weighted by molar-refractivity contribution is 0.613. The van der Waals surface area contributed by atoms with Crippen molar-refractivity contribution in [1.29, 1.82) is 0 Å². The van der Waals surface area contributed by atoms with Gasteiger partial charge in [0, 0.05) is 18.0 Å². The van der Waals surface area contributed by atoms with Crippen molar-refractivity contribution in [3.8, 4) is 0 Å². The van der Waals surface area contributed by atoms with E-state index in [1.165, 1.54) is 22.1 Å². The molecule has 4 rings (SSSR count). The predicted molar refractivity (Wildman–Crippen MR) is 90.1 cm³/mol. The van der Waals surface area contributed by atoms with Gasteiger partial charge >= 0.3 is 0 Å². The van der Waals surface area contributed by atoms with Crippen molar-refractivity contribution in [3.05, 3.63) is 71.5 Å². The van der Waals surface area contributed by atoms with Gasteiger partial charge in [-0.3, -0.25) is 0 Å². The average Bonchev–Trinajstić information content (AvgIpc) is 3.23. The lowest BCUT2D eigenvalue weighted by Gasteiger charge is -2.12. The molecule has 1 fully saturated rings. The molecule has 2 unspecified atom stereocenters. The van der Waals surface area contributed by atoms with Crippen LogP contribution in [0.3, 0.4) is 0 Å². The summed E-state index contributed by atoms with van der Waals surface area (Å²) >= 11 is 0. The maximum Gasteiger partial charge on any atom is 0.134 e. The monoisotopic (exact) mass is 291 g/mol. The summed E-state index contributed by atoms with van der Waals surface area (Å²) in [7, 11) is 0. The molecule has 2 atom stereocenters. The second kappa shape index (κ2) is 5.62. The maximum absolute atomic E-state index is 5.53. The molecule has 0 aliphatic carbocycles. The number of furan rings is 1. The quantitative estimate of drug-likeness (QED) is 0.749. The van der Waals surface area contributed by atoms with E-state index in [2.05, 4.69) is 54.7 Å². The minimum atomic E-state index is 0.461. The molecular weight excluding hydrogens is 270 g/mol. The van der Waals surface area contributed by atoms with Crippen LogP contribution >= 0.6 is 0 Å². The maximum atomic E-state index is 5.53. The van der Waals surface area contributed by atoms with Crippen molar-refractivity contribution in [3.63, 3.8) is 0 Å². The molecule has 0 amide bonds. The van der Waals surface area contributed by atoms with E-state index in [0.29, 0.717) is 12.0 Å².